The Morgan fingerprint density at radius 2 is 2.33 bits per heavy atom. The molecule has 0 radical (unpaired) electrons. The van der Waals surface area contributed by atoms with Crippen molar-refractivity contribution in [3.05, 3.63) is 35.4 Å². The average Bonchev–Trinajstić information content (AvgIpc) is 2.96. The molecule has 128 valence electrons. The van der Waals surface area contributed by atoms with Gasteiger partial charge in [0.25, 0.3) is 5.95 Å². The Morgan fingerprint density at radius 3 is 3.08 bits per heavy atom. The van der Waals surface area contributed by atoms with Crippen molar-refractivity contribution in [2.75, 3.05) is 19.0 Å². The van der Waals surface area contributed by atoms with Crippen molar-refractivity contribution in [1.82, 2.24) is 14.8 Å². The summed E-state index contributed by atoms with van der Waals surface area (Å²) in [6.07, 6.45) is 0.801. The number of aromatic nitrogens is 3. The molecule has 7 nitrogen and oxygen atoms in total. The smallest absolute Gasteiger partial charge is 0.414 e. The third-order valence-corrected chi connectivity index (χ3v) is 3.99. The number of fused-ring (bicyclic) bond motifs is 1. The number of hydrogen-bond acceptors (Lipinski definition) is 5. The molecule has 0 spiro atoms. The molecule has 1 N–H and O–H groups in total. The second-order valence-corrected chi connectivity index (χ2v) is 5.50. The zero-order valence-electron chi connectivity index (χ0n) is 13.6. The topological polar surface area (TPSA) is 78.3 Å². The summed E-state index contributed by atoms with van der Waals surface area (Å²) in [6.45, 7) is 2.64. The SMILES string of the molecule is CCOC(=O)Nc1nc2n(n1)CCC(c1cc(F)ccc1OC)C2. The quantitative estimate of drug-likeness (QED) is 0.930. The van der Waals surface area contributed by atoms with Crippen LogP contribution in [0.3, 0.4) is 0 Å². The number of benzene rings is 1. The number of carbonyl (C=O) groups is 1. The number of nitrogens with one attached hydrogen (secondary N) is 1. The van der Waals surface area contributed by atoms with Crippen molar-refractivity contribution < 1.29 is 18.7 Å². The van der Waals surface area contributed by atoms with Gasteiger partial charge in [0.15, 0.2) is 0 Å². The largest absolute Gasteiger partial charge is 0.496 e. The summed E-state index contributed by atoms with van der Waals surface area (Å²) in [5.74, 6) is 1.42. The van der Waals surface area contributed by atoms with Crippen molar-refractivity contribution in [3.63, 3.8) is 0 Å². The standard InChI is InChI=1S/C16H19FN4O3/c1-3-24-16(22)19-15-18-14-8-10(6-7-21(14)20-15)12-9-11(17)4-5-13(12)23-2/h4-5,9-10H,3,6-8H2,1-2H3,(H,19,20,22). The second-order valence-electron chi connectivity index (χ2n) is 5.50. The highest BCUT2D eigenvalue weighted by Gasteiger charge is 2.26. The molecule has 1 unspecified atom stereocenters. The van der Waals surface area contributed by atoms with E-state index in [1.807, 2.05) is 0 Å². The molecule has 0 saturated heterocycles. The number of hydrogen-bond donors (Lipinski definition) is 1. The number of rotatable bonds is 4. The van der Waals surface area contributed by atoms with Crippen LogP contribution in [0, 0.1) is 5.82 Å². The van der Waals surface area contributed by atoms with Crippen LogP contribution in [0.15, 0.2) is 18.2 Å². The summed E-state index contributed by atoms with van der Waals surface area (Å²) >= 11 is 0. The maximum atomic E-state index is 13.6. The van der Waals surface area contributed by atoms with Gasteiger partial charge in [0.1, 0.15) is 17.4 Å². The fourth-order valence-electron chi connectivity index (χ4n) is 2.91. The van der Waals surface area contributed by atoms with Gasteiger partial charge >= 0.3 is 6.09 Å². The molecule has 3 rings (SSSR count). The predicted molar refractivity (Wildman–Crippen MR) is 84.7 cm³/mol. The Balaban J connectivity index is 1.78. The van der Waals surface area contributed by atoms with E-state index in [1.165, 1.54) is 12.1 Å². The Bertz CT molecular complexity index is 747. The highest BCUT2D eigenvalue weighted by Crippen LogP contribution is 2.35. The lowest BCUT2D eigenvalue weighted by atomic mass is 9.89. The highest BCUT2D eigenvalue weighted by molar-refractivity contribution is 5.82. The molecular formula is C16H19FN4O3. The van der Waals surface area contributed by atoms with Crippen LogP contribution in [-0.4, -0.2) is 34.6 Å². The summed E-state index contributed by atoms with van der Waals surface area (Å²) in [5.41, 5.74) is 0.826. The molecular weight excluding hydrogens is 315 g/mol. The minimum atomic E-state index is -0.580. The summed E-state index contributed by atoms with van der Waals surface area (Å²) in [6, 6.07) is 4.53. The Hall–Kier alpha value is -2.64. The van der Waals surface area contributed by atoms with Crippen LogP contribution in [0.2, 0.25) is 0 Å². The lowest BCUT2D eigenvalue weighted by Gasteiger charge is -2.24. The first-order chi connectivity index (χ1) is 11.6. The third kappa shape index (κ3) is 3.32. The van der Waals surface area contributed by atoms with E-state index in [4.69, 9.17) is 9.47 Å². The molecule has 1 amide bonds. The number of nitrogens with zero attached hydrogens (tertiary/aromatic N) is 3. The predicted octanol–water partition coefficient (Wildman–Crippen LogP) is 2.72. The molecule has 2 heterocycles. The number of amides is 1. The second kappa shape index (κ2) is 6.86. The molecule has 0 fully saturated rings. The lowest BCUT2D eigenvalue weighted by molar-refractivity contribution is 0.167. The molecule has 1 aromatic heterocycles. The Morgan fingerprint density at radius 1 is 1.50 bits per heavy atom. The van der Waals surface area contributed by atoms with Crippen LogP contribution in [0.5, 0.6) is 5.75 Å². The molecule has 1 aliphatic rings. The normalized spacial score (nSPS) is 16.4. The van der Waals surface area contributed by atoms with Gasteiger partial charge in [0.2, 0.25) is 0 Å². The minimum absolute atomic E-state index is 0.0859. The minimum Gasteiger partial charge on any atom is -0.496 e. The van der Waals surface area contributed by atoms with Gasteiger partial charge in [0, 0.05) is 18.5 Å². The number of methoxy groups -OCH3 is 1. The van der Waals surface area contributed by atoms with Crippen molar-refractivity contribution in [1.29, 1.82) is 0 Å². The summed E-state index contributed by atoms with van der Waals surface area (Å²) in [4.78, 5) is 15.8. The van der Waals surface area contributed by atoms with Gasteiger partial charge in [-0.05, 0) is 37.5 Å². The van der Waals surface area contributed by atoms with E-state index in [0.29, 0.717) is 18.7 Å². The molecule has 1 aliphatic heterocycles. The average molecular weight is 334 g/mol. The van der Waals surface area contributed by atoms with Crippen LogP contribution in [0.25, 0.3) is 0 Å². The summed E-state index contributed by atoms with van der Waals surface area (Å²) in [5, 5.41) is 6.75. The number of halogens is 1. The number of aryl methyl sites for hydroxylation is 1. The third-order valence-electron chi connectivity index (χ3n) is 3.99. The van der Waals surface area contributed by atoms with Gasteiger partial charge in [-0.15, -0.1) is 5.10 Å². The fraction of sp³-hybridized carbons (Fsp3) is 0.438. The van der Waals surface area contributed by atoms with Gasteiger partial charge in [-0.3, -0.25) is 5.32 Å². The first kappa shape index (κ1) is 16.2. The van der Waals surface area contributed by atoms with Gasteiger partial charge in [-0.1, -0.05) is 0 Å². The lowest BCUT2D eigenvalue weighted by Crippen LogP contribution is -2.19. The highest BCUT2D eigenvalue weighted by atomic mass is 19.1. The van der Waals surface area contributed by atoms with Crippen LogP contribution >= 0.6 is 0 Å². The molecule has 1 atom stereocenters. The number of ether oxygens (including phenoxy) is 2. The van der Waals surface area contributed by atoms with Gasteiger partial charge in [-0.2, -0.15) is 4.98 Å². The van der Waals surface area contributed by atoms with Crippen molar-refractivity contribution in [2.45, 2.75) is 32.2 Å². The van der Waals surface area contributed by atoms with Crippen LogP contribution in [0.1, 0.15) is 30.7 Å². The molecule has 0 aliphatic carbocycles. The molecule has 24 heavy (non-hydrogen) atoms. The molecule has 8 heteroatoms. The van der Waals surface area contributed by atoms with Crippen molar-refractivity contribution in [2.24, 2.45) is 0 Å². The zero-order valence-corrected chi connectivity index (χ0v) is 13.6. The molecule has 1 aromatic carbocycles. The molecule has 0 bridgehead atoms. The van der Waals surface area contributed by atoms with Crippen LogP contribution in [0.4, 0.5) is 15.1 Å². The van der Waals surface area contributed by atoms with Gasteiger partial charge in [-0.25, -0.2) is 13.9 Å². The molecule has 2 aromatic rings. The van der Waals surface area contributed by atoms with Crippen molar-refractivity contribution in [3.8, 4) is 5.75 Å². The maximum Gasteiger partial charge on any atom is 0.414 e. The first-order valence-electron chi connectivity index (χ1n) is 7.81. The van der Waals surface area contributed by atoms with E-state index in [9.17, 15) is 9.18 Å². The van der Waals surface area contributed by atoms with E-state index in [0.717, 1.165) is 17.8 Å². The Labute approximate surface area is 138 Å². The first-order valence-corrected chi connectivity index (χ1v) is 7.81. The van der Waals surface area contributed by atoms with E-state index >= 15 is 0 Å². The van der Waals surface area contributed by atoms with E-state index in [1.54, 1.807) is 24.8 Å². The summed E-state index contributed by atoms with van der Waals surface area (Å²) < 4.78 is 25.5. The molecule has 0 saturated carbocycles. The number of carbonyl (C=O) groups excluding carboxylic acids is 1. The maximum absolute atomic E-state index is 13.6. The number of anilines is 1. The van der Waals surface area contributed by atoms with E-state index in [2.05, 4.69) is 15.4 Å². The van der Waals surface area contributed by atoms with Crippen LogP contribution < -0.4 is 10.1 Å². The van der Waals surface area contributed by atoms with Crippen molar-refractivity contribution >= 4 is 12.0 Å². The van der Waals surface area contributed by atoms with Gasteiger partial charge in [0.05, 0.1) is 13.7 Å². The Kier molecular flexibility index (Phi) is 4.64. The zero-order chi connectivity index (χ0) is 17.1. The van der Waals surface area contributed by atoms with Crippen LogP contribution in [-0.2, 0) is 17.7 Å². The van der Waals surface area contributed by atoms with E-state index < -0.39 is 6.09 Å². The monoisotopic (exact) mass is 334 g/mol. The summed E-state index contributed by atoms with van der Waals surface area (Å²) in [7, 11) is 1.57. The van der Waals surface area contributed by atoms with Gasteiger partial charge < -0.3 is 9.47 Å². The van der Waals surface area contributed by atoms with E-state index in [-0.39, 0.29) is 24.3 Å². The fourth-order valence-corrected chi connectivity index (χ4v) is 2.91.